The first-order valence-electron chi connectivity index (χ1n) is 7.88. The van der Waals surface area contributed by atoms with E-state index in [1.54, 1.807) is 38.5 Å². The van der Waals surface area contributed by atoms with Gasteiger partial charge in [-0.1, -0.05) is 23.7 Å². The Morgan fingerprint density at radius 3 is 2.31 bits per heavy atom. The van der Waals surface area contributed by atoms with Gasteiger partial charge in [-0.3, -0.25) is 0 Å². The monoisotopic (exact) mass is 394 g/mol. The summed E-state index contributed by atoms with van der Waals surface area (Å²) in [7, 11) is -0.407. The molecule has 1 aliphatic heterocycles. The van der Waals surface area contributed by atoms with E-state index in [2.05, 4.69) is 5.10 Å². The van der Waals surface area contributed by atoms with Crippen molar-refractivity contribution in [1.82, 2.24) is 4.41 Å². The Kier molecular flexibility index (Phi) is 5.11. The molecule has 8 heteroatoms. The third-order valence-corrected chi connectivity index (χ3v) is 5.45. The van der Waals surface area contributed by atoms with Crippen LogP contribution in [0, 0.1) is 0 Å². The van der Waals surface area contributed by atoms with Crippen LogP contribution >= 0.6 is 11.6 Å². The molecular formula is C18H19ClN2O4S. The van der Waals surface area contributed by atoms with Gasteiger partial charge in [0.15, 0.2) is 11.5 Å². The SMILES string of the molecule is COc1ccc(C2=NN(S(C)(=O)=O)C(c3ccc(Cl)cc3)C2)cc1OC. The molecule has 0 saturated carbocycles. The number of nitrogens with zero attached hydrogens (tertiary/aromatic N) is 2. The summed E-state index contributed by atoms with van der Waals surface area (Å²) >= 11 is 5.94. The molecule has 0 aromatic heterocycles. The van der Waals surface area contributed by atoms with E-state index in [0.29, 0.717) is 28.7 Å². The molecule has 0 fully saturated rings. The molecule has 0 spiro atoms. The lowest BCUT2D eigenvalue weighted by Crippen LogP contribution is -2.25. The van der Waals surface area contributed by atoms with Gasteiger partial charge in [0.1, 0.15) is 0 Å². The Morgan fingerprint density at radius 2 is 1.73 bits per heavy atom. The molecule has 3 rings (SSSR count). The molecular weight excluding hydrogens is 376 g/mol. The summed E-state index contributed by atoms with van der Waals surface area (Å²) in [4.78, 5) is 0. The van der Waals surface area contributed by atoms with Gasteiger partial charge in [0.2, 0.25) is 10.0 Å². The second kappa shape index (κ2) is 7.17. The lowest BCUT2D eigenvalue weighted by Gasteiger charge is -2.21. The van der Waals surface area contributed by atoms with E-state index in [-0.39, 0.29) is 0 Å². The van der Waals surface area contributed by atoms with Crippen molar-refractivity contribution in [3.05, 3.63) is 58.6 Å². The van der Waals surface area contributed by atoms with E-state index >= 15 is 0 Å². The summed E-state index contributed by atoms with van der Waals surface area (Å²) in [5.41, 5.74) is 2.28. The topological polar surface area (TPSA) is 68.2 Å². The molecule has 0 N–H and O–H groups in total. The minimum atomic E-state index is -3.52. The maximum atomic E-state index is 12.2. The van der Waals surface area contributed by atoms with E-state index in [4.69, 9.17) is 21.1 Å². The first-order valence-corrected chi connectivity index (χ1v) is 10.1. The quantitative estimate of drug-likeness (QED) is 0.778. The third-order valence-electron chi connectivity index (χ3n) is 4.18. The highest BCUT2D eigenvalue weighted by Crippen LogP contribution is 2.36. The van der Waals surface area contributed by atoms with E-state index in [0.717, 1.165) is 21.8 Å². The first-order chi connectivity index (χ1) is 12.3. The van der Waals surface area contributed by atoms with Crippen molar-refractivity contribution in [2.75, 3.05) is 20.5 Å². The van der Waals surface area contributed by atoms with Gasteiger partial charge in [0.05, 0.1) is 32.2 Å². The van der Waals surface area contributed by atoms with Crippen LogP contribution in [-0.2, 0) is 10.0 Å². The standard InChI is InChI=1S/C18H19ClN2O4S/c1-24-17-9-6-13(10-18(17)25-2)15-11-16(21(20-15)26(3,22)23)12-4-7-14(19)8-5-12/h4-10,16H,11H2,1-3H3. The second-order valence-electron chi connectivity index (χ2n) is 5.92. The van der Waals surface area contributed by atoms with Gasteiger partial charge in [-0.2, -0.15) is 9.52 Å². The maximum absolute atomic E-state index is 12.2. The molecule has 0 saturated heterocycles. The minimum Gasteiger partial charge on any atom is -0.493 e. The third kappa shape index (κ3) is 3.64. The fourth-order valence-electron chi connectivity index (χ4n) is 2.92. The van der Waals surface area contributed by atoms with Gasteiger partial charge in [0.25, 0.3) is 0 Å². The van der Waals surface area contributed by atoms with Crippen LogP contribution in [0.25, 0.3) is 0 Å². The van der Waals surface area contributed by atoms with Crippen LogP contribution in [0.15, 0.2) is 47.6 Å². The molecule has 2 aromatic carbocycles. The first kappa shape index (κ1) is 18.5. The van der Waals surface area contributed by atoms with E-state index < -0.39 is 16.1 Å². The van der Waals surface area contributed by atoms with Gasteiger partial charge in [-0.25, -0.2) is 8.42 Å². The van der Waals surface area contributed by atoms with Crippen molar-refractivity contribution in [3.63, 3.8) is 0 Å². The summed E-state index contributed by atoms with van der Waals surface area (Å²) in [6.07, 6.45) is 1.60. The van der Waals surface area contributed by atoms with Crippen LogP contribution in [0.5, 0.6) is 11.5 Å². The predicted octanol–water partition coefficient (Wildman–Crippen LogP) is 3.47. The van der Waals surface area contributed by atoms with Crippen LogP contribution in [0.1, 0.15) is 23.6 Å². The average Bonchev–Trinajstić information content (AvgIpc) is 3.07. The molecule has 2 aromatic rings. The molecule has 26 heavy (non-hydrogen) atoms. The molecule has 1 aliphatic rings. The summed E-state index contributed by atoms with van der Waals surface area (Å²) in [6.45, 7) is 0. The number of halogens is 1. The smallest absolute Gasteiger partial charge is 0.247 e. The molecule has 1 atom stereocenters. The molecule has 0 radical (unpaired) electrons. The number of benzene rings is 2. The van der Waals surface area contributed by atoms with E-state index in [1.165, 1.54) is 0 Å². The van der Waals surface area contributed by atoms with Crippen LogP contribution in [0.3, 0.4) is 0 Å². The molecule has 0 amide bonds. The zero-order valence-corrected chi connectivity index (χ0v) is 16.2. The summed E-state index contributed by atoms with van der Waals surface area (Å²) in [6, 6.07) is 12.1. The molecule has 138 valence electrons. The highest BCUT2D eigenvalue weighted by atomic mass is 35.5. The van der Waals surface area contributed by atoms with Crippen LogP contribution in [0.4, 0.5) is 0 Å². The van der Waals surface area contributed by atoms with Gasteiger partial charge < -0.3 is 9.47 Å². The molecule has 1 unspecified atom stereocenters. The second-order valence-corrected chi connectivity index (χ2v) is 8.20. The van der Waals surface area contributed by atoms with E-state index in [1.807, 2.05) is 18.2 Å². The van der Waals surface area contributed by atoms with Gasteiger partial charge >= 0.3 is 0 Å². The van der Waals surface area contributed by atoms with Crippen LogP contribution in [0.2, 0.25) is 5.02 Å². The van der Waals surface area contributed by atoms with Gasteiger partial charge in [-0.15, -0.1) is 0 Å². The normalized spacial score (nSPS) is 17.2. The number of rotatable bonds is 5. The Morgan fingerprint density at radius 1 is 1.08 bits per heavy atom. The number of methoxy groups -OCH3 is 2. The lowest BCUT2D eigenvalue weighted by molar-refractivity contribution is 0.355. The van der Waals surface area contributed by atoms with Crippen molar-refractivity contribution in [2.45, 2.75) is 12.5 Å². The van der Waals surface area contributed by atoms with Crippen LogP contribution < -0.4 is 9.47 Å². The van der Waals surface area contributed by atoms with Crippen molar-refractivity contribution in [1.29, 1.82) is 0 Å². The number of hydrogen-bond acceptors (Lipinski definition) is 5. The van der Waals surface area contributed by atoms with Gasteiger partial charge in [0, 0.05) is 17.0 Å². The summed E-state index contributed by atoms with van der Waals surface area (Å²) in [5.74, 6) is 1.16. The maximum Gasteiger partial charge on any atom is 0.247 e. The largest absolute Gasteiger partial charge is 0.493 e. The van der Waals surface area contributed by atoms with Gasteiger partial charge in [-0.05, 0) is 35.9 Å². The zero-order valence-electron chi connectivity index (χ0n) is 14.6. The Balaban J connectivity index is 2.00. The Hall–Kier alpha value is -2.25. The lowest BCUT2D eigenvalue weighted by atomic mass is 9.99. The number of hydrogen-bond donors (Lipinski definition) is 0. The molecule has 1 heterocycles. The van der Waals surface area contributed by atoms with Crippen molar-refractivity contribution < 1.29 is 17.9 Å². The zero-order chi connectivity index (χ0) is 18.9. The van der Waals surface area contributed by atoms with Crippen molar-refractivity contribution in [3.8, 4) is 11.5 Å². The summed E-state index contributed by atoms with van der Waals surface area (Å²) in [5, 5.41) is 4.97. The molecule has 6 nitrogen and oxygen atoms in total. The molecule has 0 bridgehead atoms. The van der Waals surface area contributed by atoms with Crippen LogP contribution in [-0.4, -0.2) is 39.0 Å². The van der Waals surface area contributed by atoms with E-state index in [9.17, 15) is 8.42 Å². The molecule has 0 aliphatic carbocycles. The number of ether oxygens (including phenoxy) is 2. The summed E-state index contributed by atoms with van der Waals surface area (Å²) < 4.78 is 36.2. The fourth-order valence-corrected chi connectivity index (χ4v) is 3.95. The minimum absolute atomic E-state index is 0.412. The van der Waals surface area contributed by atoms with Crippen molar-refractivity contribution >= 4 is 27.3 Å². The number of sulfonamides is 1. The van der Waals surface area contributed by atoms with Crippen molar-refractivity contribution in [2.24, 2.45) is 5.10 Å². The Labute approximate surface area is 158 Å². The fraction of sp³-hybridized carbons (Fsp3) is 0.278. The average molecular weight is 395 g/mol. The Bertz CT molecular complexity index is 942. The highest BCUT2D eigenvalue weighted by Gasteiger charge is 2.34. The predicted molar refractivity (Wildman–Crippen MR) is 102 cm³/mol. The highest BCUT2D eigenvalue weighted by molar-refractivity contribution is 7.88. The number of hydrazone groups is 1.